The third-order valence-electron chi connectivity index (χ3n) is 6.20. The molecule has 3 atom stereocenters. The maximum Gasteiger partial charge on any atom is 2.00 e. The molecule has 4 heterocycles. The van der Waals surface area contributed by atoms with Crippen LogP contribution in [0.3, 0.4) is 0 Å². The van der Waals surface area contributed by atoms with Gasteiger partial charge in [-0.1, -0.05) is 6.92 Å². The minimum Gasteiger partial charge on any atom is -0.577 e. The third kappa shape index (κ3) is 7.43. The van der Waals surface area contributed by atoms with Crippen LogP contribution in [0.15, 0.2) is 74.1 Å². The summed E-state index contributed by atoms with van der Waals surface area (Å²) in [5.74, 6) is 1.22. The van der Waals surface area contributed by atoms with Crippen molar-refractivity contribution in [3.05, 3.63) is 97.4 Å². The Labute approximate surface area is 225 Å². The Hall–Kier alpha value is -3.14. The van der Waals surface area contributed by atoms with Crippen molar-refractivity contribution < 1.29 is 25.9 Å². The molecule has 187 valence electrons. The van der Waals surface area contributed by atoms with E-state index >= 15 is 0 Å². The number of hydrogen-bond acceptors (Lipinski definition) is 6. The van der Waals surface area contributed by atoms with E-state index in [0.29, 0.717) is 11.8 Å². The molecule has 4 aromatic rings. The molecule has 36 heavy (non-hydrogen) atoms. The fourth-order valence-corrected chi connectivity index (χ4v) is 4.39. The van der Waals surface area contributed by atoms with Gasteiger partial charge < -0.3 is 33.6 Å². The van der Waals surface area contributed by atoms with Gasteiger partial charge in [-0.25, -0.2) is 20.3 Å². The average Bonchev–Trinajstić information content (AvgIpc) is 3.72. The molecule has 7 rings (SSSR count). The number of fused-ring (bicyclic) bond motifs is 3. The molecule has 3 aliphatic rings. The molecule has 0 amide bonds. The second-order valence-corrected chi connectivity index (χ2v) is 8.69. The Morgan fingerprint density at radius 3 is 1.67 bits per heavy atom. The predicted molar refractivity (Wildman–Crippen MR) is 132 cm³/mol. The van der Waals surface area contributed by atoms with Crippen LogP contribution < -0.4 is 0 Å². The van der Waals surface area contributed by atoms with Gasteiger partial charge in [-0.3, -0.25) is 0 Å². The Balaban J connectivity index is 0.000000198. The van der Waals surface area contributed by atoms with Crippen molar-refractivity contribution in [3.8, 4) is 0 Å². The molecule has 11 nitrogen and oxygen atoms in total. The van der Waals surface area contributed by atoms with E-state index in [9.17, 15) is 4.79 Å². The maximum atomic E-state index is 10.8. The van der Waals surface area contributed by atoms with Gasteiger partial charge in [0.25, 0.3) is 7.12 Å². The van der Waals surface area contributed by atoms with E-state index < -0.39 is 0 Å². The fraction of sp³-hybridized carbons (Fsp3) is 0.348. The average molecular weight is 570 g/mol. The molecule has 0 aliphatic heterocycles. The Morgan fingerprint density at radius 2 is 1.44 bits per heavy atom. The quantitative estimate of drug-likeness (QED) is 0.274. The summed E-state index contributed by atoms with van der Waals surface area (Å²) in [5, 5.41) is 12.7. The smallest absolute Gasteiger partial charge is 0.577 e. The molecule has 4 aromatic heterocycles. The molecule has 3 fully saturated rings. The van der Waals surface area contributed by atoms with Crippen LogP contribution in [0.25, 0.3) is 5.59 Å². The number of carbonyl (C=O) groups excluding carboxylic acids is 1. The SMILES string of the molecule is C[C@]1(C=O)C[C@H]2[CH][CH][C@@H]1CC2.Cn1ccnc1.[Mo+2].[N-]=O.c1cnn([B-](n2cccn2)n2cccn2)c1. The van der Waals surface area contributed by atoms with Gasteiger partial charge in [0.15, 0.2) is 0 Å². The standard InChI is InChI=1S/C10H14O.C9H9BN6.C4H6N2.Mo.NO/c1-10(7-11)6-8-2-4-9(10)5-3-8;1-4-11-14(7-1)10(15-8-2-5-12-15)16-9-3-6-13-16;1-6-3-2-5-4-6;;1-2/h2,4,7-9H,3,5-6H2,1H3;1-9H;2-4H,1H3;;/q;-1;;+2;-1/t8-,9+,10+;;;;/m0..../s1. The molecule has 0 spiro atoms. The van der Waals surface area contributed by atoms with Crippen molar-refractivity contribution in [3.63, 3.8) is 0 Å². The van der Waals surface area contributed by atoms with Gasteiger partial charge in [0.2, 0.25) is 0 Å². The number of aldehydes is 1. The van der Waals surface area contributed by atoms with Crippen LogP contribution in [-0.2, 0) is 32.9 Å². The summed E-state index contributed by atoms with van der Waals surface area (Å²) in [6.07, 6.45) is 25.5. The maximum absolute atomic E-state index is 10.8. The van der Waals surface area contributed by atoms with Crippen LogP contribution in [-0.4, -0.2) is 52.0 Å². The van der Waals surface area contributed by atoms with E-state index in [1.807, 2.05) is 54.6 Å². The van der Waals surface area contributed by atoms with Crippen LogP contribution in [0.4, 0.5) is 0 Å². The zero-order valence-corrected chi connectivity index (χ0v) is 22.3. The van der Waals surface area contributed by atoms with E-state index in [1.54, 1.807) is 44.9 Å². The molecular weight excluding hydrogens is 541 g/mol. The Morgan fingerprint density at radius 1 is 0.889 bits per heavy atom. The van der Waals surface area contributed by atoms with Crippen molar-refractivity contribution in [2.75, 3.05) is 0 Å². The van der Waals surface area contributed by atoms with Gasteiger partial charge in [-0.2, -0.15) is 0 Å². The molecule has 13 heteroatoms. The number of hydrogen-bond donors (Lipinski definition) is 0. The van der Waals surface area contributed by atoms with Crippen LogP contribution in [0.2, 0.25) is 0 Å². The van der Waals surface area contributed by atoms with Gasteiger partial charge >= 0.3 is 21.1 Å². The van der Waals surface area contributed by atoms with Crippen LogP contribution in [0.1, 0.15) is 26.2 Å². The largest absolute Gasteiger partial charge is 2.00 e. The van der Waals surface area contributed by atoms with Gasteiger partial charge in [-0.05, 0) is 80.7 Å². The second kappa shape index (κ2) is 14.4. The molecule has 3 aliphatic carbocycles. The van der Waals surface area contributed by atoms with Gasteiger partial charge in [0, 0.05) is 43.4 Å². The summed E-state index contributed by atoms with van der Waals surface area (Å²) in [7, 11) is 1.74. The predicted octanol–water partition coefficient (Wildman–Crippen LogP) is 2.98. The van der Waals surface area contributed by atoms with Gasteiger partial charge in [0.05, 0.1) is 6.33 Å². The summed E-state index contributed by atoms with van der Waals surface area (Å²) in [4.78, 5) is 21.9. The molecule has 3 radical (unpaired) electrons. The number of carbonyl (C=O) groups is 1. The minimum absolute atomic E-state index is 0. The normalized spacial score (nSPS) is 21.5. The van der Waals surface area contributed by atoms with Crippen LogP contribution >= 0.6 is 0 Å². The minimum atomic E-state index is -0.194. The summed E-state index contributed by atoms with van der Waals surface area (Å²) >= 11 is 0. The Bertz CT molecular complexity index is 1000. The summed E-state index contributed by atoms with van der Waals surface area (Å²) in [6.45, 7) is 2.10. The number of aryl methyl sites for hydroxylation is 1. The molecule has 0 saturated heterocycles. The van der Waals surface area contributed by atoms with E-state index in [4.69, 9.17) is 10.5 Å². The van der Waals surface area contributed by atoms with Crippen LogP contribution in [0, 0.1) is 35.0 Å². The molecule has 0 unspecified atom stereocenters. The van der Waals surface area contributed by atoms with Gasteiger partial charge in [-0.15, -0.1) is 0 Å². The molecular formula is C23H29BMoN9O2. The summed E-state index contributed by atoms with van der Waals surface area (Å²) in [6, 6.07) is 5.62. The van der Waals surface area contributed by atoms with Crippen molar-refractivity contribution in [2.45, 2.75) is 26.2 Å². The van der Waals surface area contributed by atoms with E-state index in [0.717, 1.165) is 12.7 Å². The zero-order valence-electron chi connectivity index (χ0n) is 20.3. The van der Waals surface area contributed by atoms with Crippen molar-refractivity contribution in [1.29, 1.82) is 0 Å². The van der Waals surface area contributed by atoms with E-state index in [-0.39, 0.29) is 33.6 Å². The number of nitroso groups, excluding NO2 is 1. The Kier molecular flexibility index (Phi) is 11.7. The first-order valence-electron chi connectivity index (χ1n) is 11.3. The summed E-state index contributed by atoms with van der Waals surface area (Å²) < 4.78 is 7.26. The second-order valence-electron chi connectivity index (χ2n) is 8.69. The van der Waals surface area contributed by atoms with Crippen LogP contribution in [0.5, 0.6) is 0 Å². The molecule has 2 bridgehead atoms. The number of rotatable bonds is 4. The zero-order chi connectivity index (χ0) is 25.1. The first-order chi connectivity index (χ1) is 17.1. The van der Waals surface area contributed by atoms with Crippen molar-refractivity contribution in [1.82, 2.24) is 38.6 Å². The van der Waals surface area contributed by atoms with Crippen molar-refractivity contribution in [2.24, 2.45) is 24.3 Å². The number of nitrogens with zero attached hydrogens (tertiary/aromatic N) is 9. The first kappa shape index (κ1) is 29.1. The molecule has 0 aromatic carbocycles. The van der Waals surface area contributed by atoms with E-state index in [1.165, 1.54) is 12.8 Å². The summed E-state index contributed by atoms with van der Waals surface area (Å²) in [5.41, 5.74) is 5.72. The fourth-order valence-electron chi connectivity index (χ4n) is 4.39. The molecule has 3 saturated carbocycles. The van der Waals surface area contributed by atoms with E-state index in [2.05, 4.69) is 40.0 Å². The topological polar surface area (TPSA) is 128 Å². The first-order valence-corrected chi connectivity index (χ1v) is 11.3. The number of imidazole rings is 1. The van der Waals surface area contributed by atoms with Gasteiger partial charge in [0.1, 0.15) is 6.29 Å². The molecule has 0 N–H and O–H groups in total. The third-order valence-corrected chi connectivity index (χ3v) is 6.20. The monoisotopic (exact) mass is 572 g/mol. The van der Waals surface area contributed by atoms with Crippen molar-refractivity contribution >= 4 is 13.4 Å². The number of aromatic nitrogens is 8.